The van der Waals surface area contributed by atoms with Gasteiger partial charge in [-0.15, -0.1) is 0 Å². The van der Waals surface area contributed by atoms with Gasteiger partial charge in [0.25, 0.3) is 0 Å². The maximum Gasteiger partial charge on any atom is 0.321 e. The van der Waals surface area contributed by atoms with E-state index in [4.69, 9.17) is 4.74 Å². The highest BCUT2D eigenvalue weighted by Crippen LogP contribution is 2.17. The minimum Gasteiger partial charge on any atom is -0.497 e. The van der Waals surface area contributed by atoms with E-state index in [0.29, 0.717) is 5.92 Å². The molecule has 0 unspecified atom stereocenters. The summed E-state index contributed by atoms with van der Waals surface area (Å²) in [6, 6.07) is 7.38. The van der Waals surface area contributed by atoms with E-state index in [9.17, 15) is 4.79 Å². The lowest BCUT2D eigenvalue weighted by Gasteiger charge is -2.28. The van der Waals surface area contributed by atoms with E-state index in [2.05, 4.69) is 37.9 Å². The zero-order chi connectivity index (χ0) is 17.2. The molecule has 0 fully saturated rings. The molecule has 0 saturated carbocycles. The number of nitrogens with zero attached hydrogens (tertiary/aromatic N) is 2. The third kappa shape index (κ3) is 6.91. The summed E-state index contributed by atoms with van der Waals surface area (Å²) in [5.41, 5.74) is 0.756. The number of urea groups is 1. The van der Waals surface area contributed by atoms with Crippen LogP contribution < -0.4 is 10.1 Å². The number of ether oxygens (including phenoxy) is 1. The van der Waals surface area contributed by atoms with E-state index in [-0.39, 0.29) is 6.03 Å². The Morgan fingerprint density at radius 3 is 2.48 bits per heavy atom. The molecule has 0 aliphatic rings. The molecule has 0 atom stereocenters. The Kier molecular flexibility index (Phi) is 8.48. The van der Waals surface area contributed by atoms with Gasteiger partial charge in [0.1, 0.15) is 5.75 Å². The molecule has 0 bridgehead atoms. The van der Waals surface area contributed by atoms with Crippen LogP contribution >= 0.6 is 0 Å². The summed E-state index contributed by atoms with van der Waals surface area (Å²) in [6.45, 7) is 12.9. The number of methoxy groups -OCH3 is 1. The molecule has 1 aromatic rings. The van der Waals surface area contributed by atoms with Crippen molar-refractivity contribution < 1.29 is 9.53 Å². The van der Waals surface area contributed by atoms with Crippen LogP contribution in [-0.4, -0.2) is 55.7 Å². The highest BCUT2D eigenvalue weighted by Gasteiger charge is 2.16. The van der Waals surface area contributed by atoms with Crippen molar-refractivity contribution in [2.24, 2.45) is 5.92 Å². The second-order valence-corrected chi connectivity index (χ2v) is 6.03. The first-order chi connectivity index (χ1) is 11.0. The van der Waals surface area contributed by atoms with Gasteiger partial charge >= 0.3 is 6.03 Å². The molecule has 1 aromatic carbocycles. The van der Waals surface area contributed by atoms with E-state index in [1.807, 2.05) is 29.2 Å². The van der Waals surface area contributed by atoms with Crippen LogP contribution in [0.25, 0.3) is 0 Å². The average molecular weight is 321 g/mol. The summed E-state index contributed by atoms with van der Waals surface area (Å²) < 4.78 is 5.20. The summed E-state index contributed by atoms with van der Waals surface area (Å²) in [7, 11) is 1.62. The Labute approximate surface area is 140 Å². The Morgan fingerprint density at radius 1 is 1.22 bits per heavy atom. The summed E-state index contributed by atoms with van der Waals surface area (Å²) in [6.07, 6.45) is 0. The molecule has 1 N–H and O–H groups in total. The molecule has 5 nitrogen and oxygen atoms in total. The number of carbonyl (C=O) groups excluding carboxylic acids is 1. The maximum atomic E-state index is 12.6. The van der Waals surface area contributed by atoms with Crippen LogP contribution in [0.5, 0.6) is 5.75 Å². The third-order valence-corrected chi connectivity index (χ3v) is 3.77. The van der Waals surface area contributed by atoms with Crippen molar-refractivity contribution in [2.45, 2.75) is 27.7 Å². The highest BCUT2D eigenvalue weighted by molar-refractivity contribution is 5.89. The van der Waals surface area contributed by atoms with Gasteiger partial charge in [0.15, 0.2) is 0 Å². The van der Waals surface area contributed by atoms with Crippen molar-refractivity contribution in [1.29, 1.82) is 0 Å². The molecular weight excluding hydrogens is 290 g/mol. The topological polar surface area (TPSA) is 44.8 Å². The van der Waals surface area contributed by atoms with E-state index in [0.717, 1.165) is 44.2 Å². The van der Waals surface area contributed by atoms with E-state index >= 15 is 0 Å². The van der Waals surface area contributed by atoms with Crippen molar-refractivity contribution in [2.75, 3.05) is 45.2 Å². The largest absolute Gasteiger partial charge is 0.497 e. The number of hydrogen-bond donors (Lipinski definition) is 1. The zero-order valence-electron chi connectivity index (χ0n) is 15.1. The molecule has 0 radical (unpaired) electrons. The molecule has 0 aliphatic heterocycles. The van der Waals surface area contributed by atoms with Gasteiger partial charge in [0.05, 0.1) is 7.11 Å². The number of rotatable bonds is 9. The summed E-state index contributed by atoms with van der Waals surface area (Å²) >= 11 is 0. The number of nitrogens with one attached hydrogen (secondary N) is 1. The SMILES string of the molecule is CCN(CC)CCN(CC(C)C)C(=O)Nc1cccc(OC)c1. The molecule has 130 valence electrons. The fraction of sp³-hybridized carbons (Fsp3) is 0.611. The summed E-state index contributed by atoms with van der Waals surface area (Å²) in [5.74, 6) is 1.17. The van der Waals surface area contributed by atoms with Gasteiger partial charge in [-0.1, -0.05) is 33.8 Å². The first-order valence-corrected chi connectivity index (χ1v) is 8.42. The second-order valence-electron chi connectivity index (χ2n) is 6.03. The molecule has 5 heteroatoms. The fourth-order valence-electron chi connectivity index (χ4n) is 2.42. The average Bonchev–Trinajstić information content (AvgIpc) is 2.54. The van der Waals surface area contributed by atoms with Crippen LogP contribution in [0.3, 0.4) is 0 Å². The molecule has 0 aromatic heterocycles. The van der Waals surface area contributed by atoms with E-state index in [1.54, 1.807) is 7.11 Å². The van der Waals surface area contributed by atoms with Crippen molar-refractivity contribution in [3.63, 3.8) is 0 Å². The molecule has 23 heavy (non-hydrogen) atoms. The van der Waals surface area contributed by atoms with E-state index < -0.39 is 0 Å². The summed E-state index contributed by atoms with van der Waals surface area (Å²) in [4.78, 5) is 16.8. The van der Waals surface area contributed by atoms with Gasteiger partial charge < -0.3 is 19.9 Å². The molecule has 0 heterocycles. The van der Waals surface area contributed by atoms with Crippen LogP contribution in [-0.2, 0) is 0 Å². The van der Waals surface area contributed by atoms with Crippen LogP contribution in [0, 0.1) is 5.92 Å². The molecule has 2 amide bonds. The molecule has 0 saturated heterocycles. The predicted molar refractivity (Wildman–Crippen MR) is 96.2 cm³/mol. The minimum absolute atomic E-state index is 0.0564. The van der Waals surface area contributed by atoms with Crippen molar-refractivity contribution >= 4 is 11.7 Å². The van der Waals surface area contributed by atoms with Gasteiger partial charge in [-0.05, 0) is 31.1 Å². The number of likely N-dealkylation sites (N-methyl/N-ethyl adjacent to an activating group) is 1. The van der Waals surface area contributed by atoms with Crippen molar-refractivity contribution in [3.05, 3.63) is 24.3 Å². The number of anilines is 1. The fourth-order valence-corrected chi connectivity index (χ4v) is 2.42. The standard InChI is InChI=1S/C18H31N3O2/c1-6-20(7-2)11-12-21(14-15(3)4)18(22)19-16-9-8-10-17(13-16)23-5/h8-10,13,15H,6-7,11-12,14H2,1-5H3,(H,19,22). The van der Waals surface area contributed by atoms with Crippen LogP contribution in [0.15, 0.2) is 24.3 Å². The van der Waals surface area contributed by atoms with Crippen LogP contribution in [0.1, 0.15) is 27.7 Å². The first-order valence-electron chi connectivity index (χ1n) is 8.42. The predicted octanol–water partition coefficient (Wildman–Crippen LogP) is 3.53. The third-order valence-electron chi connectivity index (χ3n) is 3.77. The second kappa shape index (κ2) is 10.1. The maximum absolute atomic E-state index is 12.6. The molecular formula is C18H31N3O2. The number of benzene rings is 1. The Hall–Kier alpha value is -1.75. The number of carbonyl (C=O) groups is 1. The smallest absolute Gasteiger partial charge is 0.321 e. The Bertz CT molecular complexity index is 473. The van der Waals surface area contributed by atoms with Crippen molar-refractivity contribution in [1.82, 2.24) is 9.80 Å². The number of hydrogen-bond acceptors (Lipinski definition) is 3. The van der Waals surface area contributed by atoms with Gasteiger partial charge in [0, 0.05) is 31.4 Å². The lowest BCUT2D eigenvalue weighted by molar-refractivity contribution is 0.189. The minimum atomic E-state index is -0.0564. The Morgan fingerprint density at radius 2 is 1.91 bits per heavy atom. The van der Waals surface area contributed by atoms with E-state index in [1.165, 1.54) is 0 Å². The van der Waals surface area contributed by atoms with Gasteiger partial charge in [0.2, 0.25) is 0 Å². The van der Waals surface area contributed by atoms with Gasteiger partial charge in [-0.3, -0.25) is 0 Å². The highest BCUT2D eigenvalue weighted by atomic mass is 16.5. The molecule has 1 rings (SSSR count). The number of amides is 2. The first kappa shape index (κ1) is 19.3. The summed E-state index contributed by atoms with van der Waals surface area (Å²) in [5, 5.41) is 2.97. The van der Waals surface area contributed by atoms with Crippen LogP contribution in [0.2, 0.25) is 0 Å². The quantitative estimate of drug-likeness (QED) is 0.757. The van der Waals surface area contributed by atoms with Gasteiger partial charge in [-0.25, -0.2) is 4.79 Å². The monoisotopic (exact) mass is 321 g/mol. The lowest BCUT2D eigenvalue weighted by Crippen LogP contribution is -2.42. The lowest BCUT2D eigenvalue weighted by atomic mass is 10.2. The van der Waals surface area contributed by atoms with Crippen LogP contribution in [0.4, 0.5) is 10.5 Å². The van der Waals surface area contributed by atoms with Crippen molar-refractivity contribution in [3.8, 4) is 5.75 Å². The molecule has 0 aliphatic carbocycles. The molecule has 0 spiro atoms. The Balaban J connectivity index is 2.70. The zero-order valence-corrected chi connectivity index (χ0v) is 15.1. The van der Waals surface area contributed by atoms with Gasteiger partial charge in [-0.2, -0.15) is 0 Å². The normalized spacial score (nSPS) is 10.9.